The maximum absolute atomic E-state index is 14.3. The van der Waals surface area contributed by atoms with Gasteiger partial charge in [-0.15, -0.1) is 0 Å². The topological polar surface area (TPSA) is 69.4 Å². The predicted octanol–water partition coefficient (Wildman–Crippen LogP) is 2.12. The second kappa shape index (κ2) is 5.34. The smallest absolute Gasteiger partial charge is 0.188 e. The van der Waals surface area contributed by atoms with Crippen LogP contribution < -0.4 is 5.73 Å². The summed E-state index contributed by atoms with van der Waals surface area (Å²) in [6, 6.07) is 4.33. The number of halogens is 1. The summed E-state index contributed by atoms with van der Waals surface area (Å²) in [6.45, 7) is 0.286. The van der Waals surface area contributed by atoms with Crippen LogP contribution in [0.2, 0.25) is 0 Å². The molecule has 1 aromatic carbocycles. The van der Waals surface area contributed by atoms with Gasteiger partial charge in [-0.3, -0.25) is 0 Å². The van der Waals surface area contributed by atoms with Crippen LogP contribution in [0.25, 0.3) is 0 Å². The molecule has 1 aromatic rings. The second-order valence-corrected chi connectivity index (χ2v) is 8.26. The molecule has 2 aliphatic rings. The highest BCUT2D eigenvalue weighted by Gasteiger charge is 2.37. The first-order valence-corrected chi connectivity index (χ1v) is 8.89. The summed E-state index contributed by atoms with van der Waals surface area (Å²) in [5, 5.41) is -0.626. The molecule has 2 fully saturated rings. The zero-order valence-corrected chi connectivity index (χ0v) is 12.7. The SMILES string of the molecule is NC1(c2ccc(S(=O)(=O)C3COC3)c(F)c2)CCCCC1. The predicted molar refractivity (Wildman–Crippen MR) is 77.1 cm³/mol. The maximum Gasteiger partial charge on any atom is 0.188 e. The van der Waals surface area contributed by atoms with Crippen LogP contribution in [0.15, 0.2) is 23.1 Å². The highest BCUT2D eigenvalue weighted by molar-refractivity contribution is 7.92. The fraction of sp³-hybridized carbons (Fsp3) is 0.600. The monoisotopic (exact) mass is 313 g/mol. The van der Waals surface area contributed by atoms with Crippen LogP contribution in [0, 0.1) is 5.82 Å². The van der Waals surface area contributed by atoms with Crippen molar-refractivity contribution in [1.82, 2.24) is 0 Å². The molecule has 0 unspecified atom stereocenters. The van der Waals surface area contributed by atoms with Crippen molar-refractivity contribution in [2.75, 3.05) is 13.2 Å². The summed E-state index contributed by atoms with van der Waals surface area (Å²) in [5.74, 6) is -0.699. The van der Waals surface area contributed by atoms with Crippen molar-refractivity contribution < 1.29 is 17.5 Å². The lowest BCUT2D eigenvalue weighted by Gasteiger charge is -2.34. The number of benzene rings is 1. The van der Waals surface area contributed by atoms with E-state index >= 15 is 0 Å². The average molecular weight is 313 g/mol. The largest absolute Gasteiger partial charge is 0.379 e. The molecule has 6 heteroatoms. The van der Waals surface area contributed by atoms with Gasteiger partial charge in [0.15, 0.2) is 9.84 Å². The van der Waals surface area contributed by atoms with Gasteiger partial charge >= 0.3 is 0 Å². The highest BCUT2D eigenvalue weighted by atomic mass is 32.2. The Hall–Kier alpha value is -0.980. The van der Waals surface area contributed by atoms with Gasteiger partial charge in [0.25, 0.3) is 0 Å². The maximum atomic E-state index is 14.3. The van der Waals surface area contributed by atoms with Gasteiger partial charge in [-0.25, -0.2) is 12.8 Å². The van der Waals surface area contributed by atoms with Crippen molar-refractivity contribution in [1.29, 1.82) is 0 Å². The third-order valence-corrected chi connectivity index (χ3v) is 6.70. The van der Waals surface area contributed by atoms with Crippen molar-refractivity contribution in [3.8, 4) is 0 Å². The minimum absolute atomic E-state index is 0.143. The molecule has 21 heavy (non-hydrogen) atoms. The number of nitrogens with two attached hydrogens (primary N) is 1. The molecule has 0 bridgehead atoms. The summed E-state index contributed by atoms with van der Waals surface area (Å²) in [7, 11) is -3.64. The molecule has 1 aliphatic carbocycles. The Bertz CT molecular complexity index is 634. The van der Waals surface area contributed by atoms with Gasteiger partial charge in [0.1, 0.15) is 16.0 Å². The molecule has 0 radical (unpaired) electrons. The molecule has 1 saturated heterocycles. The minimum Gasteiger partial charge on any atom is -0.379 e. The Balaban J connectivity index is 1.93. The van der Waals surface area contributed by atoms with E-state index in [1.165, 1.54) is 12.1 Å². The molecule has 2 N–H and O–H groups in total. The third kappa shape index (κ3) is 2.60. The molecular weight excluding hydrogens is 293 g/mol. The average Bonchev–Trinajstić information content (AvgIpc) is 2.36. The first-order chi connectivity index (χ1) is 9.93. The number of sulfone groups is 1. The second-order valence-electron chi connectivity index (χ2n) is 6.07. The zero-order valence-electron chi connectivity index (χ0n) is 11.8. The summed E-state index contributed by atoms with van der Waals surface area (Å²) >= 11 is 0. The Morgan fingerprint density at radius 3 is 2.38 bits per heavy atom. The molecule has 0 aromatic heterocycles. The van der Waals surface area contributed by atoms with Gasteiger partial charge in [-0.1, -0.05) is 25.3 Å². The molecule has 0 atom stereocenters. The molecule has 1 aliphatic heterocycles. The normalized spacial score (nSPS) is 22.8. The van der Waals surface area contributed by atoms with E-state index in [-0.39, 0.29) is 18.1 Å². The fourth-order valence-electron chi connectivity index (χ4n) is 3.09. The Morgan fingerprint density at radius 1 is 1.19 bits per heavy atom. The van der Waals surface area contributed by atoms with Gasteiger partial charge in [0.2, 0.25) is 0 Å². The van der Waals surface area contributed by atoms with Gasteiger partial charge in [-0.2, -0.15) is 0 Å². The van der Waals surface area contributed by atoms with Crippen molar-refractivity contribution >= 4 is 9.84 Å². The first kappa shape index (κ1) is 14.9. The first-order valence-electron chi connectivity index (χ1n) is 7.34. The van der Waals surface area contributed by atoms with Crippen LogP contribution in [0.5, 0.6) is 0 Å². The lowest BCUT2D eigenvalue weighted by Crippen LogP contribution is -2.41. The van der Waals surface area contributed by atoms with Crippen LogP contribution in [0.4, 0.5) is 4.39 Å². The van der Waals surface area contributed by atoms with E-state index in [1.54, 1.807) is 6.07 Å². The van der Waals surface area contributed by atoms with Gasteiger partial charge in [-0.05, 0) is 30.5 Å². The standard InChI is InChI=1S/C15H20FNO3S/c16-13-8-11(15(17)6-2-1-3-7-15)4-5-14(13)21(18,19)12-9-20-10-12/h4-5,8,12H,1-3,6-7,9-10,17H2. The van der Waals surface area contributed by atoms with Crippen molar-refractivity contribution in [2.45, 2.75) is 47.8 Å². The molecule has 3 rings (SSSR count). The van der Waals surface area contributed by atoms with E-state index in [2.05, 4.69) is 0 Å². The molecule has 4 nitrogen and oxygen atoms in total. The van der Waals surface area contributed by atoms with E-state index in [9.17, 15) is 12.8 Å². The number of ether oxygens (including phenoxy) is 1. The lowest BCUT2D eigenvalue weighted by atomic mass is 9.77. The Kier molecular flexibility index (Phi) is 3.80. The van der Waals surface area contributed by atoms with Crippen molar-refractivity contribution in [2.24, 2.45) is 5.73 Å². The molecule has 0 amide bonds. The number of hydrogen-bond acceptors (Lipinski definition) is 4. The summed E-state index contributed by atoms with van der Waals surface area (Å²) in [5.41, 5.74) is 6.54. The molecule has 1 saturated carbocycles. The molecule has 0 spiro atoms. The van der Waals surface area contributed by atoms with Gasteiger partial charge in [0, 0.05) is 5.54 Å². The Morgan fingerprint density at radius 2 is 1.86 bits per heavy atom. The fourth-order valence-corrected chi connectivity index (χ4v) is 4.58. The van der Waals surface area contributed by atoms with Gasteiger partial charge in [0.05, 0.1) is 13.2 Å². The van der Waals surface area contributed by atoms with Crippen molar-refractivity contribution in [3.63, 3.8) is 0 Å². The van der Waals surface area contributed by atoms with Crippen LogP contribution in [-0.2, 0) is 20.1 Å². The van der Waals surface area contributed by atoms with E-state index in [4.69, 9.17) is 10.5 Å². The van der Waals surface area contributed by atoms with Crippen LogP contribution in [0.1, 0.15) is 37.7 Å². The minimum atomic E-state index is -3.64. The third-order valence-electron chi connectivity index (χ3n) is 4.61. The zero-order chi connectivity index (χ0) is 15.1. The van der Waals surface area contributed by atoms with Crippen molar-refractivity contribution in [3.05, 3.63) is 29.6 Å². The van der Waals surface area contributed by atoms with E-state index < -0.39 is 26.4 Å². The van der Waals surface area contributed by atoms with Gasteiger partial charge < -0.3 is 10.5 Å². The summed E-state index contributed by atoms with van der Waals surface area (Å²) in [4.78, 5) is -0.237. The van der Waals surface area contributed by atoms with E-state index in [0.717, 1.165) is 32.1 Å². The van der Waals surface area contributed by atoms with Crippen LogP contribution in [-0.4, -0.2) is 26.9 Å². The molecule has 1 heterocycles. The summed E-state index contributed by atoms with van der Waals surface area (Å²) in [6.07, 6.45) is 4.83. The molecular formula is C15H20FNO3S. The highest BCUT2D eigenvalue weighted by Crippen LogP contribution is 2.36. The van der Waals surface area contributed by atoms with Crippen LogP contribution >= 0.6 is 0 Å². The summed E-state index contributed by atoms with van der Waals surface area (Å²) < 4.78 is 43.7. The van der Waals surface area contributed by atoms with E-state index in [0.29, 0.717) is 5.56 Å². The quantitative estimate of drug-likeness (QED) is 0.928. The molecule has 116 valence electrons. The number of hydrogen-bond donors (Lipinski definition) is 1. The van der Waals surface area contributed by atoms with Crippen LogP contribution in [0.3, 0.4) is 0 Å². The lowest BCUT2D eigenvalue weighted by molar-refractivity contribution is 0.0415. The Labute approximate surface area is 124 Å². The number of rotatable bonds is 3. The van der Waals surface area contributed by atoms with E-state index in [1.807, 2.05) is 0 Å².